The number of rotatable bonds is 3. The van der Waals surface area contributed by atoms with Gasteiger partial charge in [0.05, 0.1) is 7.11 Å². The van der Waals surface area contributed by atoms with E-state index in [0.717, 1.165) is 37.1 Å². The quantitative estimate of drug-likeness (QED) is 0.781. The number of amides is 2. The Morgan fingerprint density at radius 3 is 2.58 bits per heavy atom. The van der Waals surface area contributed by atoms with Gasteiger partial charge in [0.15, 0.2) is 0 Å². The van der Waals surface area contributed by atoms with E-state index >= 15 is 0 Å². The zero-order chi connectivity index (χ0) is 13.7. The van der Waals surface area contributed by atoms with Crippen LogP contribution in [0.1, 0.15) is 25.7 Å². The number of ether oxygens (including phenoxy) is 1. The molecule has 0 spiro atoms. The van der Waals surface area contributed by atoms with Crippen LogP contribution in [0.3, 0.4) is 0 Å². The van der Waals surface area contributed by atoms with Crippen molar-refractivity contribution < 1.29 is 9.53 Å². The molecule has 19 heavy (non-hydrogen) atoms. The van der Waals surface area contributed by atoms with Gasteiger partial charge in [-0.15, -0.1) is 0 Å². The molecule has 0 bridgehead atoms. The maximum absolute atomic E-state index is 11.9. The summed E-state index contributed by atoms with van der Waals surface area (Å²) in [6.07, 6.45) is 4.21. The number of methoxy groups -OCH3 is 1. The number of hydrogen-bond acceptors (Lipinski definition) is 3. The van der Waals surface area contributed by atoms with E-state index in [1.54, 1.807) is 19.2 Å². The summed E-state index contributed by atoms with van der Waals surface area (Å²) in [4.78, 5) is 11.9. The Morgan fingerprint density at radius 1 is 1.26 bits per heavy atom. The summed E-state index contributed by atoms with van der Waals surface area (Å²) in [7, 11) is 1.61. The van der Waals surface area contributed by atoms with Gasteiger partial charge in [-0.05, 0) is 37.1 Å². The van der Waals surface area contributed by atoms with Crippen molar-refractivity contribution in [3.05, 3.63) is 24.3 Å². The van der Waals surface area contributed by atoms with Gasteiger partial charge in [0, 0.05) is 17.8 Å². The van der Waals surface area contributed by atoms with Crippen molar-refractivity contribution in [3.8, 4) is 5.75 Å². The first kappa shape index (κ1) is 13.7. The highest BCUT2D eigenvalue weighted by Crippen LogP contribution is 2.18. The molecular weight excluding hydrogens is 242 g/mol. The minimum absolute atomic E-state index is 0.0652. The van der Waals surface area contributed by atoms with Crippen molar-refractivity contribution in [2.75, 3.05) is 12.4 Å². The Bertz CT molecular complexity index is 419. The summed E-state index contributed by atoms with van der Waals surface area (Å²) in [5, 5.41) is 5.74. The molecule has 0 aromatic heterocycles. The number of carbonyl (C=O) groups excluding carboxylic acids is 1. The van der Waals surface area contributed by atoms with Crippen molar-refractivity contribution in [1.29, 1.82) is 0 Å². The highest BCUT2D eigenvalue weighted by Gasteiger charge is 2.23. The van der Waals surface area contributed by atoms with Gasteiger partial charge in [0.1, 0.15) is 5.75 Å². The standard InChI is InChI=1S/C14H21N3O2/c1-19-11-8-6-10(7-9-11)16-14(18)17-13-5-3-2-4-12(13)15/h6-9,12-13H,2-5,15H2,1H3,(H2,16,17,18). The molecule has 4 N–H and O–H groups in total. The molecule has 2 atom stereocenters. The average Bonchev–Trinajstić information content (AvgIpc) is 2.42. The van der Waals surface area contributed by atoms with Crippen molar-refractivity contribution in [3.63, 3.8) is 0 Å². The Balaban J connectivity index is 1.86. The zero-order valence-corrected chi connectivity index (χ0v) is 11.2. The van der Waals surface area contributed by atoms with E-state index in [1.165, 1.54) is 0 Å². The van der Waals surface area contributed by atoms with E-state index in [0.29, 0.717) is 0 Å². The van der Waals surface area contributed by atoms with E-state index in [4.69, 9.17) is 10.5 Å². The second-order valence-electron chi connectivity index (χ2n) is 4.88. The van der Waals surface area contributed by atoms with Crippen LogP contribution in [0.25, 0.3) is 0 Å². The minimum atomic E-state index is -0.201. The molecule has 5 heteroatoms. The highest BCUT2D eigenvalue weighted by atomic mass is 16.5. The molecule has 1 aliphatic carbocycles. The van der Waals surface area contributed by atoms with Gasteiger partial charge < -0.3 is 21.1 Å². The number of nitrogens with one attached hydrogen (secondary N) is 2. The smallest absolute Gasteiger partial charge is 0.319 e. The predicted molar refractivity (Wildman–Crippen MR) is 75.4 cm³/mol. The lowest BCUT2D eigenvalue weighted by atomic mass is 9.91. The first-order valence-electron chi connectivity index (χ1n) is 6.66. The Morgan fingerprint density at radius 2 is 1.95 bits per heavy atom. The molecule has 2 unspecified atom stereocenters. The molecule has 104 valence electrons. The number of carbonyl (C=O) groups is 1. The molecule has 5 nitrogen and oxygen atoms in total. The van der Waals surface area contributed by atoms with Crippen LogP contribution >= 0.6 is 0 Å². The zero-order valence-electron chi connectivity index (χ0n) is 11.2. The van der Waals surface area contributed by atoms with Crippen LogP contribution in [0.2, 0.25) is 0 Å². The summed E-state index contributed by atoms with van der Waals surface area (Å²) in [6.45, 7) is 0. The second kappa shape index (κ2) is 6.43. The van der Waals surface area contributed by atoms with Gasteiger partial charge in [-0.25, -0.2) is 4.79 Å². The van der Waals surface area contributed by atoms with Gasteiger partial charge in [0.2, 0.25) is 0 Å². The van der Waals surface area contributed by atoms with Crippen LogP contribution in [-0.4, -0.2) is 25.2 Å². The maximum Gasteiger partial charge on any atom is 0.319 e. The summed E-state index contributed by atoms with van der Waals surface area (Å²) >= 11 is 0. The average molecular weight is 263 g/mol. The van der Waals surface area contributed by atoms with Crippen LogP contribution in [0.5, 0.6) is 5.75 Å². The Labute approximate surface area is 113 Å². The van der Waals surface area contributed by atoms with Crippen molar-refractivity contribution >= 4 is 11.7 Å². The third-order valence-corrected chi connectivity index (χ3v) is 3.48. The number of benzene rings is 1. The topological polar surface area (TPSA) is 76.4 Å². The molecule has 2 rings (SSSR count). The summed E-state index contributed by atoms with van der Waals surface area (Å²) < 4.78 is 5.06. The van der Waals surface area contributed by atoms with Crippen LogP contribution in [-0.2, 0) is 0 Å². The van der Waals surface area contributed by atoms with Crippen LogP contribution in [0.15, 0.2) is 24.3 Å². The second-order valence-corrected chi connectivity index (χ2v) is 4.88. The van der Waals surface area contributed by atoms with Gasteiger partial charge >= 0.3 is 6.03 Å². The molecular formula is C14H21N3O2. The molecule has 0 saturated heterocycles. The first-order chi connectivity index (χ1) is 9.19. The van der Waals surface area contributed by atoms with Gasteiger partial charge in [-0.3, -0.25) is 0 Å². The largest absolute Gasteiger partial charge is 0.497 e. The lowest BCUT2D eigenvalue weighted by molar-refractivity contribution is 0.240. The fraction of sp³-hybridized carbons (Fsp3) is 0.500. The van der Waals surface area contributed by atoms with E-state index in [1.807, 2.05) is 12.1 Å². The predicted octanol–water partition coefficient (Wildman–Crippen LogP) is 2.09. The maximum atomic E-state index is 11.9. The number of hydrogen-bond donors (Lipinski definition) is 3. The van der Waals surface area contributed by atoms with Gasteiger partial charge in [-0.1, -0.05) is 12.8 Å². The SMILES string of the molecule is COc1ccc(NC(=O)NC2CCCCC2N)cc1. The Kier molecular flexibility index (Phi) is 4.63. The van der Waals surface area contributed by atoms with E-state index in [-0.39, 0.29) is 18.1 Å². The van der Waals surface area contributed by atoms with Crippen LogP contribution in [0, 0.1) is 0 Å². The van der Waals surface area contributed by atoms with Crippen molar-refractivity contribution in [2.24, 2.45) is 5.73 Å². The molecule has 0 heterocycles. The van der Waals surface area contributed by atoms with E-state index in [9.17, 15) is 4.79 Å². The van der Waals surface area contributed by atoms with Gasteiger partial charge in [-0.2, -0.15) is 0 Å². The molecule has 0 aliphatic heterocycles. The third-order valence-electron chi connectivity index (χ3n) is 3.48. The summed E-state index contributed by atoms with van der Waals surface area (Å²) in [6, 6.07) is 7.16. The van der Waals surface area contributed by atoms with Crippen LogP contribution in [0.4, 0.5) is 10.5 Å². The molecule has 2 amide bonds. The van der Waals surface area contributed by atoms with Crippen LogP contribution < -0.4 is 21.1 Å². The first-order valence-corrected chi connectivity index (χ1v) is 6.66. The normalized spacial score (nSPS) is 22.6. The lowest BCUT2D eigenvalue weighted by Crippen LogP contribution is -2.50. The summed E-state index contributed by atoms with van der Waals surface area (Å²) in [5.74, 6) is 0.764. The molecule has 0 radical (unpaired) electrons. The minimum Gasteiger partial charge on any atom is -0.497 e. The molecule has 1 aliphatic rings. The fourth-order valence-corrected chi connectivity index (χ4v) is 2.35. The third kappa shape index (κ3) is 3.86. The molecule has 1 aromatic carbocycles. The summed E-state index contributed by atoms with van der Waals surface area (Å²) in [5.41, 5.74) is 6.74. The number of anilines is 1. The number of nitrogens with two attached hydrogens (primary N) is 1. The molecule has 1 saturated carbocycles. The Hall–Kier alpha value is -1.75. The van der Waals surface area contributed by atoms with E-state index in [2.05, 4.69) is 10.6 Å². The molecule has 1 fully saturated rings. The number of urea groups is 1. The van der Waals surface area contributed by atoms with Crippen molar-refractivity contribution in [1.82, 2.24) is 5.32 Å². The van der Waals surface area contributed by atoms with E-state index < -0.39 is 0 Å². The van der Waals surface area contributed by atoms with Crippen molar-refractivity contribution in [2.45, 2.75) is 37.8 Å². The molecule has 1 aromatic rings. The monoisotopic (exact) mass is 263 g/mol. The highest BCUT2D eigenvalue weighted by molar-refractivity contribution is 5.89. The fourth-order valence-electron chi connectivity index (χ4n) is 2.35. The lowest BCUT2D eigenvalue weighted by Gasteiger charge is -2.29. The van der Waals surface area contributed by atoms with Gasteiger partial charge in [0.25, 0.3) is 0 Å².